The summed E-state index contributed by atoms with van der Waals surface area (Å²) in [5.41, 5.74) is 5.01. The van der Waals surface area contributed by atoms with Gasteiger partial charge in [0.25, 0.3) is 11.8 Å². The zero-order valence-corrected chi connectivity index (χ0v) is 17.7. The molecular weight excluding hydrogens is 390 g/mol. The van der Waals surface area contributed by atoms with Gasteiger partial charge in [-0.05, 0) is 55.4 Å². The lowest BCUT2D eigenvalue weighted by Gasteiger charge is -2.11. The van der Waals surface area contributed by atoms with Gasteiger partial charge in [-0.3, -0.25) is 14.9 Å². The molecule has 6 nitrogen and oxygen atoms in total. The molecule has 0 saturated heterocycles. The van der Waals surface area contributed by atoms with Gasteiger partial charge >= 0.3 is 0 Å². The SMILES string of the molecule is CN(C)CCc1cc2c(cc1O)c1c3c(c(-c4ccccc4)cc1n2C)C(=O)NC3=O. The molecule has 1 aliphatic heterocycles. The first kappa shape index (κ1) is 19.3. The van der Waals surface area contributed by atoms with Gasteiger partial charge in [0.1, 0.15) is 5.75 Å². The number of nitrogens with zero attached hydrogens (tertiary/aromatic N) is 2. The smallest absolute Gasteiger partial charge is 0.259 e. The molecule has 5 rings (SSSR count). The quantitative estimate of drug-likeness (QED) is 0.501. The minimum absolute atomic E-state index is 0.201. The van der Waals surface area contributed by atoms with Crippen LogP contribution < -0.4 is 5.32 Å². The van der Waals surface area contributed by atoms with E-state index >= 15 is 0 Å². The molecule has 0 unspecified atom stereocenters. The fourth-order valence-electron chi connectivity index (χ4n) is 4.51. The van der Waals surface area contributed by atoms with Crippen LogP contribution in [0.2, 0.25) is 0 Å². The van der Waals surface area contributed by atoms with E-state index in [1.807, 2.05) is 68.2 Å². The van der Waals surface area contributed by atoms with Crippen LogP contribution in [-0.2, 0) is 13.5 Å². The van der Waals surface area contributed by atoms with E-state index in [2.05, 4.69) is 10.2 Å². The summed E-state index contributed by atoms with van der Waals surface area (Å²) in [5, 5.41) is 14.6. The first-order chi connectivity index (χ1) is 14.9. The number of aryl methyl sites for hydroxylation is 1. The van der Waals surface area contributed by atoms with Gasteiger partial charge < -0.3 is 14.6 Å². The van der Waals surface area contributed by atoms with E-state index in [4.69, 9.17) is 0 Å². The van der Waals surface area contributed by atoms with Gasteiger partial charge in [0.2, 0.25) is 0 Å². The van der Waals surface area contributed by atoms with E-state index in [1.54, 1.807) is 6.07 Å². The van der Waals surface area contributed by atoms with Crippen molar-refractivity contribution in [2.45, 2.75) is 6.42 Å². The molecule has 1 aliphatic rings. The Balaban J connectivity index is 1.86. The Morgan fingerprint density at radius 1 is 0.968 bits per heavy atom. The van der Waals surface area contributed by atoms with Crippen LogP contribution >= 0.6 is 0 Å². The summed E-state index contributed by atoms with van der Waals surface area (Å²) in [6, 6.07) is 15.3. The molecule has 4 aromatic rings. The van der Waals surface area contributed by atoms with Crippen LogP contribution in [0, 0.1) is 0 Å². The largest absolute Gasteiger partial charge is 0.508 e. The van der Waals surface area contributed by atoms with Crippen molar-refractivity contribution < 1.29 is 14.7 Å². The number of carbonyl (C=O) groups excluding carboxylic acids is 2. The monoisotopic (exact) mass is 413 g/mol. The molecule has 156 valence electrons. The van der Waals surface area contributed by atoms with Crippen LogP contribution in [-0.4, -0.2) is 47.0 Å². The van der Waals surface area contributed by atoms with E-state index < -0.39 is 5.91 Å². The number of amides is 2. The molecule has 31 heavy (non-hydrogen) atoms. The van der Waals surface area contributed by atoms with Crippen LogP contribution in [0.1, 0.15) is 26.3 Å². The fourth-order valence-corrected chi connectivity index (χ4v) is 4.51. The maximum Gasteiger partial charge on any atom is 0.259 e. The molecule has 1 aromatic heterocycles. The van der Waals surface area contributed by atoms with E-state index in [9.17, 15) is 14.7 Å². The summed E-state index contributed by atoms with van der Waals surface area (Å²) < 4.78 is 2.03. The summed E-state index contributed by atoms with van der Waals surface area (Å²) >= 11 is 0. The van der Waals surface area contributed by atoms with Gasteiger partial charge in [0.05, 0.1) is 16.6 Å². The molecular formula is C25H23N3O3. The first-order valence-corrected chi connectivity index (χ1v) is 10.2. The summed E-state index contributed by atoms with van der Waals surface area (Å²) in [7, 11) is 5.94. The molecule has 3 aromatic carbocycles. The van der Waals surface area contributed by atoms with Crippen molar-refractivity contribution in [1.82, 2.24) is 14.8 Å². The molecule has 2 N–H and O–H groups in total. The number of hydrogen-bond donors (Lipinski definition) is 2. The molecule has 6 heteroatoms. The van der Waals surface area contributed by atoms with Crippen LogP contribution in [0.5, 0.6) is 5.75 Å². The molecule has 2 amide bonds. The Morgan fingerprint density at radius 2 is 1.68 bits per heavy atom. The number of hydrogen-bond acceptors (Lipinski definition) is 4. The molecule has 0 atom stereocenters. The highest BCUT2D eigenvalue weighted by Crippen LogP contribution is 2.41. The molecule has 0 bridgehead atoms. The summed E-state index contributed by atoms with van der Waals surface area (Å²) in [6.07, 6.45) is 0.711. The maximum absolute atomic E-state index is 12.8. The standard InChI is InChI=1S/C25H23N3O3/c1-27(2)10-9-15-11-18-17(13-20(15)29)21-19(28(18)3)12-16(14-7-5-4-6-8-14)22-23(21)25(31)26-24(22)30/h4-8,11-13,29H,9-10H2,1-3H3,(H,26,30,31). The van der Waals surface area contributed by atoms with Gasteiger partial charge in [-0.15, -0.1) is 0 Å². The summed E-state index contributed by atoms with van der Waals surface area (Å²) in [4.78, 5) is 27.6. The fraction of sp³-hybridized carbons (Fsp3) is 0.200. The molecule has 0 spiro atoms. The second kappa shape index (κ2) is 6.96. The highest BCUT2D eigenvalue weighted by Gasteiger charge is 2.34. The number of carbonyl (C=O) groups is 2. The molecule has 0 radical (unpaired) electrons. The Bertz CT molecular complexity index is 1380. The first-order valence-electron chi connectivity index (χ1n) is 10.2. The number of aromatic hydroxyl groups is 1. The Morgan fingerprint density at radius 3 is 2.39 bits per heavy atom. The zero-order valence-electron chi connectivity index (χ0n) is 17.7. The van der Waals surface area contributed by atoms with Gasteiger partial charge in [-0.2, -0.15) is 0 Å². The lowest BCUT2D eigenvalue weighted by atomic mass is 9.92. The highest BCUT2D eigenvalue weighted by molar-refractivity contribution is 6.32. The third-order valence-electron chi connectivity index (χ3n) is 6.09. The van der Waals surface area contributed by atoms with Crippen LogP contribution in [0.4, 0.5) is 0 Å². The van der Waals surface area contributed by atoms with Gasteiger partial charge in [-0.1, -0.05) is 30.3 Å². The van der Waals surface area contributed by atoms with Gasteiger partial charge in [-0.25, -0.2) is 0 Å². The predicted octanol–water partition coefficient (Wildman–Crippen LogP) is 3.69. The third-order valence-corrected chi connectivity index (χ3v) is 6.09. The topological polar surface area (TPSA) is 74.6 Å². The second-order valence-corrected chi connectivity index (χ2v) is 8.33. The number of imide groups is 1. The van der Waals surface area contributed by atoms with Crippen molar-refractivity contribution in [3.05, 3.63) is 65.2 Å². The number of phenols is 1. The molecule has 0 saturated carbocycles. The minimum Gasteiger partial charge on any atom is -0.508 e. The van der Waals surface area contributed by atoms with Crippen molar-refractivity contribution in [2.24, 2.45) is 7.05 Å². The highest BCUT2D eigenvalue weighted by atomic mass is 16.3. The molecule has 0 aliphatic carbocycles. The number of aromatic nitrogens is 1. The molecule has 2 heterocycles. The number of benzene rings is 3. The number of nitrogens with one attached hydrogen (secondary N) is 1. The lowest BCUT2D eigenvalue weighted by Crippen LogP contribution is -2.20. The number of fused-ring (bicyclic) bond motifs is 5. The van der Waals surface area contributed by atoms with E-state index in [-0.39, 0.29) is 11.7 Å². The molecule has 0 fully saturated rings. The predicted molar refractivity (Wildman–Crippen MR) is 122 cm³/mol. The zero-order chi connectivity index (χ0) is 21.9. The number of phenolic OH excluding ortho intramolecular Hbond substituents is 1. The lowest BCUT2D eigenvalue weighted by molar-refractivity contribution is 0.0880. The Labute approximate surface area is 179 Å². The van der Waals surface area contributed by atoms with E-state index in [0.717, 1.165) is 39.7 Å². The Hall–Kier alpha value is -3.64. The van der Waals surface area contributed by atoms with Crippen molar-refractivity contribution in [2.75, 3.05) is 20.6 Å². The Kier molecular flexibility index (Phi) is 4.34. The van der Waals surface area contributed by atoms with Crippen molar-refractivity contribution in [3.8, 4) is 16.9 Å². The maximum atomic E-state index is 12.8. The van der Waals surface area contributed by atoms with Crippen molar-refractivity contribution in [1.29, 1.82) is 0 Å². The van der Waals surface area contributed by atoms with E-state index in [1.165, 1.54) is 0 Å². The average Bonchev–Trinajstić information content (AvgIpc) is 3.19. The van der Waals surface area contributed by atoms with Crippen molar-refractivity contribution in [3.63, 3.8) is 0 Å². The minimum atomic E-state index is -0.397. The second-order valence-electron chi connectivity index (χ2n) is 8.33. The van der Waals surface area contributed by atoms with Gasteiger partial charge in [0, 0.05) is 29.9 Å². The third kappa shape index (κ3) is 2.91. The number of rotatable bonds is 4. The summed E-state index contributed by atoms with van der Waals surface area (Å²) in [6.45, 7) is 0.813. The van der Waals surface area contributed by atoms with Crippen LogP contribution in [0.25, 0.3) is 32.9 Å². The summed E-state index contributed by atoms with van der Waals surface area (Å²) in [5.74, 6) is -0.580. The van der Waals surface area contributed by atoms with Gasteiger partial charge in [0.15, 0.2) is 0 Å². The van der Waals surface area contributed by atoms with Crippen molar-refractivity contribution >= 4 is 33.6 Å². The normalized spacial score (nSPS) is 13.4. The van der Waals surface area contributed by atoms with E-state index in [0.29, 0.717) is 22.9 Å². The average molecular weight is 413 g/mol. The van der Waals surface area contributed by atoms with Crippen LogP contribution in [0.3, 0.4) is 0 Å². The number of likely N-dealkylation sites (N-methyl/N-ethyl adjacent to an activating group) is 1. The van der Waals surface area contributed by atoms with Crippen LogP contribution in [0.15, 0.2) is 48.5 Å².